The number of benzene rings is 1. The Bertz CT molecular complexity index is 717. The van der Waals surface area contributed by atoms with E-state index in [1.807, 2.05) is 30.3 Å². The molecule has 2 saturated carbocycles. The Balaban J connectivity index is 1.59. The Labute approximate surface area is 134 Å². The van der Waals surface area contributed by atoms with Crippen molar-refractivity contribution in [3.8, 4) is 5.69 Å². The molecule has 2 fully saturated rings. The minimum Gasteiger partial charge on any atom is -0.396 e. The van der Waals surface area contributed by atoms with Crippen LogP contribution in [0.15, 0.2) is 30.3 Å². The average Bonchev–Trinajstić information content (AvgIpc) is 3.52. The summed E-state index contributed by atoms with van der Waals surface area (Å²) in [5.41, 5.74) is 2.15. The summed E-state index contributed by atoms with van der Waals surface area (Å²) < 4.78 is 1.78. The van der Waals surface area contributed by atoms with Crippen LogP contribution in [0.3, 0.4) is 0 Å². The van der Waals surface area contributed by atoms with Gasteiger partial charge in [-0.1, -0.05) is 23.4 Å². The number of amides is 1. The van der Waals surface area contributed by atoms with Gasteiger partial charge in [0.1, 0.15) is 0 Å². The largest absolute Gasteiger partial charge is 0.396 e. The van der Waals surface area contributed by atoms with Gasteiger partial charge in [-0.05, 0) is 37.8 Å². The highest BCUT2D eigenvalue weighted by Gasteiger charge is 2.42. The van der Waals surface area contributed by atoms with E-state index in [-0.39, 0.29) is 17.9 Å². The highest BCUT2D eigenvalue weighted by atomic mass is 16.3. The maximum absolute atomic E-state index is 12.5. The van der Waals surface area contributed by atoms with E-state index in [0.717, 1.165) is 37.1 Å². The molecule has 2 N–H and O–H groups in total. The summed E-state index contributed by atoms with van der Waals surface area (Å²) in [5.74, 6) is 0.174. The molecule has 0 aliphatic heterocycles. The van der Waals surface area contributed by atoms with Crippen molar-refractivity contribution in [3.63, 3.8) is 0 Å². The lowest BCUT2D eigenvalue weighted by Crippen LogP contribution is -2.32. The number of carbonyl (C=O) groups excluding carboxylic acids is 1. The third-order valence-electron chi connectivity index (χ3n) is 4.80. The molecule has 0 spiro atoms. The van der Waals surface area contributed by atoms with Crippen LogP contribution in [-0.2, 0) is 0 Å². The van der Waals surface area contributed by atoms with E-state index >= 15 is 0 Å². The van der Waals surface area contributed by atoms with E-state index in [1.165, 1.54) is 0 Å². The third kappa shape index (κ3) is 2.74. The third-order valence-corrected chi connectivity index (χ3v) is 4.80. The van der Waals surface area contributed by atoms with Crippen LogP contribution in [0.2, 0.25) is 0 Å². The lowest BCUT2D eigenvalue weighted by molar-refractivity contribution is 0.0929. The molecule has 6 heteroatoms. The van der Waals surface area contributed by atoms with Crippen LogP contribution >= 0.6 is 0 Å². The van der Waals surface area contributed by atoms with Gasteiger partial charge >= 0.3 is 0 Å². The predicted octanol–water partition coefficient (Wildman–Crippen LogP) is 1.65. The Morgan fingerprint density at radius 1 is 1.30 bits per heavy atom. The summed E-state index contributed by atoms with van der Waals surface area (Å²) in [4.78, 5) is 12.5. The summed E-state index contributed by atoms with van der Waals surface area (Å²) in [6.07, 6.45) is 4.08. The van der Waals surface area contributed by atoms with Crippen LogP contribution in [0.1, 0.15) is 47.8 Å². The summed E-state index contributed by atoms with van der Waals surface area (Å²) >= 11 is 0. The standard InChI is InChI=1S/C17H20N4O2/c22-11-17(8-9-17)10-18-16(23)14-15(12-6-7-12)21(20-19-14)13-4-2-1-3-5-13/h1-5,12,22H,6-11H2,(H,18,23). The van der Waals surface area contributed by atoms with E-state index in [1.54, 1.807) is 4.68 Å². The zero-order valence-electron chi connectivity index (χ0n) is 12.9. The minimum absolute atomic E-state index is 0.106. The van der Waals surface area contributed by atoms with E-state index in [4.69, 9.17) is 0 Å². The number of carbonyl (C=O) groups is 1. The van der Waals surface area contributed by atoms with Crippen molar-refractivity contribution in [2.75, 3.05) is 13.2 Å². The first-order valence-corrected chi connectivity index (χ1v) is 8.12. The number of aromatic nitrogens is 3. The van der Waals surface area contributed by atoms with Crippen molar-refractivity contribution in [1.29, 1.82) is 0 Å². The summed E-state index contributed by atoms with van der Waals surface area (Å²) in [5, 5.41) is 20.6. The maximum atomic E-state index is 12.5. The molecule has 4 rings (SSSR count). The molecular formula is C17H20N4O2. The van der Waals surface area contributed by atoms with Crippen molar-refractivity contribution in [3.05, 3.63) is 41.7 Å². The number of rotatable bonds is 6. The second-order valence-corrected chi connectivity index (χ2v) is 6.69. The molecule has 1 heterocycles. The molecule has 0 atom stereocenters. The highest BCUT2D eigenvalue weighted by Crippen LogP contribution is 2.44. The first kappa shape index (κ1) is 14.4. The van der Waals surface area contributed by atoms with Gasteiger partial charge in [-0.15, -0.1) is 5.10 Å². The second kappa shape index (κ2) is 5.45. The molecular weight excluding hydrogens is 292 g/mol. The lowest BCUT2D eigenvalue weighted by atomic mass is 10.1. The zero-order chi connectivity index (χ0) is 15.9. The molecule has 2 aromatic rings. The average molecular weight is 312 g/mol. The SMILES string of the molecule is O=C(NCC1(CO)CC1)c1nnn(-c2ccccc2)c1C1CC1. The van der Waals surface area contributed by atoms with E-state index < -0.39 is 0 Å². The molecule has 0 bridgehead atoms. The van der Waals surface area contributed by atoms with Gasteiger partial charge in [-0.3, -0.25) is 4.79 Å². The smallest absolute Gasteiger partial charge is 0.273 e. The molecule has 2 aliphatic rings. The van der Waals surface area contributed by atoms with Gasteiger partial charge in [-0.25, -0.2) is 4.68 Å². The van der Waals surface area contributed by atoms with Crippen LogP contribution in [0.5, 0.6) is 0 Å². The molecule has 1 aromatic carbocycles. The molecule has 6 nitrogen and oxygen atoms in total. The van der Waals surface area contributed by atoms with Gasteiger partial charge in [0.15, 0.2) is 5.69 Å². The molecule has 1 amide bonds. The summed E-state index contributed by atoms with van der Waals surface area (Å²) in [6, 6.07) is 9.78. The lowest BCUT2D eigenvalue weighted by Gasteiger charge is -2.12. The fraction of sp³-hybridized carbons (Fsp3) is 0.471. The predicted molar refractivity (Wildman–Crippen MR) is 84.4 cm³/mol. The number of hydrogen-bond donors (Lipinski definition) is 2. The number of para-hydroxylation sites is 1. The van der Waals surface area contributed by atoms with E-state index in [2.05, 4.69) is 15.6 Å². The number of nitrogens with one attached hydrogen (secondary N) is 1. The Morgan fingerprint density at radius 2 is 2.04 bits per heavy atom. The number of nitrogens with zero attached hydrogens (tertiary/aromatic N) is 3. The fourth-order valence-electron chi connectivity index (χ4n) is 2.85. The van der Waals surface area contributed by atoms with Gasteiger partial charge < -0.3 is 10.4 Å². The molecule has 120 valence electrons. The van der Waals surface area contributed by atoms with E-state index in [9.17, 15) is 9.90 Å². The number of aliphatic hydroxyl groups is 1. The Hall–Kier alpha value is -2.21. The van der Waals surface area contributed by atoms with Crippen LogP contribution in [0, 0.1) is 5.41 Å². The van der Waals surface area contributed by atoms with Gasteiger partial charge in [0, 0.05) is 17.9 Å². The first-order chi connectivity index (χ1) is 11.2. The van der Waals surface area contributed by atoms with Crippen molar-refractivity contribution >= 4 is 5.91 Å². The Kier molecular flexibility index (Phi) is 3.41. The number of aliphatic hydroxyl groups excluding tert-OH is 1. The first-order valence-electron chi connectivity index (χ1n) is 8.12. The molecule has 2 aliphatic carbocycles. The molecule has 0 saturated heterocycles. The van der Waals surface area contributed by atoms with Crippen molar-refractivity contribution in [2.45, 2.75) is 31.6 Å². The topological polar surface area (TPSA) is 80.0 Å². The van der Waals surface area contributed by atoms with Gasteiger partial charge in [0.2, 0.25) is 0 Å². The molecule has 0 unspecified atom stereocenters. The van der Waals surface area contributed by atoms with Gasteiger partial charge in [-0.2, -0.15) is 0 Å². The van der Waals surface area contributed by atoms with Crippen molar-refractivity contribution in [2.24, 2.45) is 5.41 Å². The van der Waals surface area contributed by atoms with Crippen molar-refractivity contribution < 1.29 is 9.90 Å². The van der Waals surface area contributed by atoms with E-state index in [0.29, 0.717) is 18.2 Å². The molecule has 1 aromatic heterocycles. The van der Waals surface area contributed by atoms with Crippen LogP contribution < -0.4 is 5.32 Å². The van der Waals surface area contributed by atoms with Crippen LogP contribution in [0.25, 0.3) is 5.69 Å². The summed E-state index contributed by atoms with van der Waals surface area (Å²) in [6.45, 7) is 0.629. The quantitative estimate of drug-likeness (QED) is 0.850. The monoisotopic (exact) mass is 312 g/mol. The van der Waals surface area contributed by atoms with Crippen LogP contribution in [-0.4, -0.2) is 39.2 Å². The summed E-state index contributed by atoms with van der Waals surface area (Å²) in [7, 11) is 0. The molecule has 23 heavy (non-hydrogen) atoms. The minimum atomic E-state index is -0.186. The normalized spacial score (nSPS) is 18.7. The van der Waals surface area contributed by atoms with Gasteiger partial charge in [0.25, 0.3) is 5.91 Å². The zero-order valence-corrected chi connectivity index (χ0v) is 12.9. The van der Waals surface area contributed by atoms with Crippen molar-refractivity contribution in [1.82, 2.24) is 20.3 Å². The molecule has 0 radical (unpaired) electrons. The van der Waals surface area contributed by atoms with Gasteiger partial charge in [0.05, 0.1) is 18.0 Å². The van der Waals surface area contributed by atoms with Crippen LogP contribution in [0.4, 0.5) is 0 Å². The maximum Gasteiger partial charge on any atom is 0.273 e. The number of hydrogen-bond acceptors (Lipinski definition) is 4. The fourth-order valence-corrected chi connectivity index (χ4v) is 2.85. The Morgan fingerprint density at radius 3 is 2.65 bits per heavy atom. The highest BCUT2D eigenvalue weighted by molar-refractivity contribution is 5.93. The second-order valence-electron chi connectivity index (χ2n) is 6.69.